The number of Topliss-reactive ketones (excluding diaryl/α,β-unsaturated/α-hetero) is 1. The number of aliphatic hydroxyl groups excluding tert-OH is 1. The molecule has 220 valence electrons. The number of ketones is 1. The van der Waals surface area contributed by atoms with Gasteiger partial charge in [0.2, 0.25) is 5.88 Å². The van der Waals surface area contributed by atoms with E-state index in [4.69, 9.17) is 13.9 Å². The van der Waals surface area contributed by atoms with Crippen molar-refractivity contribution in [3.8, 4) is 11.6 Å². The number of hydrogen-bond acceptors (Lipinski definition) is 10. The molecule has 1 aliphatic carbocycles. The lowest BCUT2D eigenvalue weighted by molar-refractivity contribution is 0.0836. The molecule has 3 aromatic rings. The van der Waals surface area contributed by atoms with Gasteiger partial charge < -0.3 is 29.2 Å². The molecule has 5 rings (SSSR count). The maximum Gasteiger partial charge on any atom is 0.215 e. The molecule has 0 amide bonds. The van der Waals surface area contributed by atoms with Gasteiger partial charge in [0.05, 0.1) is 12.3 Å². The van der Waals surface area contributed by atoms with Crippen LogP contribution in [0.5, 0.6) is 11.6 Å². The van der Waals surface area contributed by atoms with Crippen molar-refractivity contribution in [3.63, 3.8) is 0 Å². The number of pyridine rings is 1. The normalized spacial score (nSPS) is 16.2. The van der Waals surface area contributed by atoms with Crippen LogP contribution in [0.2, 0.25) is 0 Å². The zero-order valence-corrected chi connectivity index (χ0v) is 24.1. The molecule has 0 saturated heterocycles. The molecule has 10 nitrogen and oxygen atoms in total. The number of likely N-dealkylation sites (N-methyl/N-ethyl adjacent to an activating group) is 1. The van der Waals surface area contributed by atoms with Crippen molar-refractivity contribution in [3.05, 3.63) is 65.4 Å². The highest BCUT2D eigenvalue weighted by molar-refractivity contribution is 5.97. The zero-order valence-electron chi connectivity index (χ0n) is 24.1. The summed E-state index contributed by atoms with van der Waals surface area (Å²) in [6.07, 6.45) is 7.44. The van der Waals surface area contributed by atoms with E-state index in [1.807, 2.05) is 31.1 Å². The Morgan fingerprint density at radius 2 is 2.10 bits per heavy atom. The number of carbonyl (C=O) groups is 1. The Morgan fingerprint density at radius 3 is 2.85 bits per heavy atom. The van der Waals surface area contributed by atoms with Crippen molar-refractivity contribution in [2.24, 2.45) is 0 Å². The lowest BCUT2D eigenvalue weighted by Gasteiger charge is -2.30. The van der Waals surface area contributed by atoms with E-state index in [0.29, 0.717) is 55.2 Å². The highest BCUT2D eigenvalue weighted by Crippen LogP contribution is 2.27. The molecule has 10 heteroatoms. The number of rotatable bonds is 15. The van der Waals surface area contributed by atoms with Crippen LogP contribution in [0.4, 0.5) is 5.82 Å². The molecule has 1 atom stereocenters. The fourth-order valence-electron chi connectivity index (χ4n) is 5.04. The largest absolute Gasteiger partial charge is 0.486 e. The monoisotopic (exact) mass is 563 g/mol. The minimum Gasteiger partial charge on any atom is -0.486 e. The summed E-state index contributed by atoms with van der Waals surface area (Å²) in [7, 11) is 3.98. The molecule has 2 aromatic heterocycles. The molecule has 1 saturated carbocycles. The first-order valence-corrected chi connectivity index (χ1v) is 14.5. The van der Waals surface area contributed by atoms with Crippen molar-refractivity contribution >= 4 is 11.6 Å². The summed E-state index contributed by atoms with van der Waals surface area (Å²) >= 11 is 0. The van der Waals surface area contributed by atoms with E-state index in [9.17, 15) is 9.90 Å². The van der Waals surface area contributed by atoms with Gasteiger partial charge in [-0.15, -0.1) is 0 Å². The van der Waals surface area contributed by atoms with Crippen molar-refractivity contribution in [1.29, 1.82) is 0 Å². The minimum absolute atomic E-state index is 0.0117. The molecule has 2 N–H and O–H groups in total. The molecule has 1 fully saturated rings. The van der Waals surface area contributed by atoms with Crippen LogP contribution in [0.15, 0.2) is 47.3 Å². The van der Waals surface area contributed by atoms with E-state index >= 15 is 0 Å². The van der Waals surface area contributed by atoms with Gasteiger partial charge in [0.1, 0.15) is 24.8 Å². The summed E-state index contributed by atoms with van der Waals surface area (Å²) in [5, 5.41) is 14.2. The average molecular weight is 564 g/mol. The number of nitrogens with zero attached hydrogens (tertiary/aromatic N) is 4. The molecule has 0 spiro atoms. The molecule has 0 bridgehead atoms. The third kappa shape index (κ3) is 8.51. The van der Waals surface area contributed by atoms with Crippen LogP contribution in [0.1, 0.15) is 59.3 Å². The summed E-state index contributed by atoms with van der Waals surface area (Å²) in [5.41, 5.74) is 3.06. The van der Waals surface area contributed by atoms with Crippen molar-refractivity contribution in [2.75, 3.05) is 45.7 Å². The van der Waals surface area contributed by atoms with Gasteiger partial charge in [0.25, 0.3) is 0 Å². The van der Waals surface area contributed by atoms with Gasteiger partial charge in [-0.1, -0.05) is 6.07 Å². The SMILES string of the molecule is CN(C)CCOc1cc(C(=O)CC[C@H](O)CN2CCc3cc(OCc4cnco4)ccc3C2)cc(NC2CCC2)n1. The number of nitrogens with one attached hydrogen (secondary N) is 1. The highest BCUT2D eigenvalue weighted by Gasteiger charge is 2.22. The molecule has 3 heterocycles. The standard InChI is InChI=1S/C31H41N5O5/c1-35(2)12-13-39-31-16-24(15-30(34-31)33-25-4-3-5-25)29(38)9-7-26(37)19-36-11-10-22-14-27(8-6-23(22)18-36)40-20-28-17-32-21-41-28/h6,8,14-17,21,25-26,37H,3-5,7,9-13,18-20H2,1-2H3,(H,33,34)/t26-/m0/s1. The molecule has 1 aliphatic heterocycles. The maximum atomic E-state index is 13.2. The Labute approximate surface area is 241 Å². The zero-order chi connectivity index (χ0) is 28.6. The third-order valence-electron chi connectivity index (χ3n) is 7.68. The lowest BCUT2D eigenvalue weighted by Crippen LogP contribution is -2.36. The summed E-state index contributed by atoms with van der Waals surface area (Å²) in [4.78, 5) is 25.9. The number of oxazole rings is 1. The van der Waals surface area contributed by atoms with Crippen molar-refractivity contribution in [2.45, 2.75) is 63.8 Å². The molecular weight excluding hydrogens is 522 g/mol. The predicted octanol–water partition coefficient (Wildman–Crippen LogP) is 3.94. The Morgan fingerprint density at radius 1 is 1.22 bits per heavy atom. The predicted molar refractivity (Wildman–Crippen MR) is 155 cm³/mol. The Balaban J connectivity index is 1.11. The molecule has 0 radical (unpaired) electrons. The first kappa shape index (κ1) is 29.0. The number of benzene rings is 1. The number of aliphatic hydroxyl groups is 1. The van der Waals surface area contributed by atoms with Crippen molar-refractivity contribution < 1.29 is 23.8 Å². The fraction of sp³-hybridized carbons (Fsp3) is 0.516. The van der Waals surface area contributed by atoms with Gasteiger partial charge in [0, 0.05) is 50.3 Å². The van der Waals surface area contributed by atoms with Gasteiger partial charge in [0.15, 0.2) is 17.9 Å². The van der Waals surface area contributed by atoms with Crippen LogP contribution in [0, 0.1) is 0 Å². The van der Waals surface area contributed by atoms with E-state index in [0.717, 1.165) is 44.6 Å². The number of aromatic nitrogens is 2. The first-order chi connectivity index (χ1) is 19.9. The second kappa shape index (κ2) is 13.9. The van der Waals surface area contributed by atoms with E-state index in [-0.39, 0.29) is 12.2 Å². The van der Waals surface area contributed by atoms with Crippen LogP contribution in [-0.4, -0.2) is 83.1 Å². The van der Waals surface area contributed by atoms with Gasteiger partial charge in [-0.2, -0.15) is 4.98 Å². The Bertz CT molecular complexity index is 1280. The second-order valence-electron chi connectivity index (χ2n) is 11.3. The Kier molecular flexibility index (Phi) is 9.87. The van der Waals surface area contributed by atoms with Gasteiger partial charge in [-0.05, 0) is 75.5 Å². The maximum absolute atomic E-state index is 13.2. The van der Waals surface area contributed by atoms with Crippen LogP contribution in [0.25, 0.3) is 0 Å². The van der Waals surface area contributed by atoms with Crippen LogP contribution in [0.3, 0.4) is 0 Å². The number of hydrogen-bond donors (Lipinski definition) is 2. The average Bonchev–Trinajstić information content (AvgIpc) is 3.46. The topological polar surface area (TPSA) is 113 Å². The summed E-state index contributed by atoms with van der Waals surface area (Å²) in [6.45, 7) is 3.74. The summed E-state index contributed by atoms with van der Waals surface area (Å²) in [6, 6.07) is 10.1. The smallest absolute Gasteiger partial charge is 0.215 e. The number of ether oxygens (including phenoxy) is 2. The van der Waals surface area contributed by atoms with Gasteiger partial charge >= 0.3 is 0 Å². The van der Waals surface area contributed by atoms with Crippen molar-refractivity contribution in [1.82, 2.24) is 19.8 Å². The quantitative estimate of drug-likeness (QED) is 0.264. The molecule has 2 aliphatic rings. The second-order valence-corrected chi connectivity index (χ2v) is 11.3. The van der Waals surface area contributed by atoms with E-state index in [1.165, 1.54) is 23.9 Å². The molecule has 0 unspecified atom stereocenters. The van der Waals surface area contributed by atoms with Crippen LogP contribution in [-0.2, 0) is 19.6 Å². The fourth-order valence-corrected chi connectivity index (χ4v) is 5.04. The molecule has 1 aromatic carbocycles. The highest BCUT2D eigenvalue weighted by atomic mass is 16.5. The van der Waals surface area contributed by atoms with Gasteiger partial charge in [-0.3, -0.25) is 9.69 Å². The third-order valence-corrected chi connectivity index (χ3v) is 7.68. The minimum atomic E-state index is -0.588. The summed E-state index contributed by atoms with van der Waals surface area (Å²) in [5.74, 6) is 2.62. The van der Waals surface area contributed by atoms with Crippen LogP contribution < -0.4 is 14.8 Å². The number of β-amino-alcohol motifs (C(OH)–C–C–N with tert-alkyl or cyclic N) is 1. The molecular formula is C31H41N5O5. The van der Waals surface area contributed by atoms with Crippen LogP contribution >= 0.6 is 0 Å². The van der Waals surface area contributed by atoms with E-state index in [2.05, 4.69) is 32.3 Å². The number of carbonyl (C=O) groups excluding carboxylic acids is 1. The van der Waals surface area contributed by atoms with E-state index in [1.54, 1.807) is 12.3 Å². The van der Waals surface area contributed by atoms with E-state index < -0.39 is 6.10 Å². The lowest BCUT2D eigenvalue weighted by atomic mass is 9.93. The summed E-state index contributed by atoms with van der Waals surface area (Å²) < 4.78 is 16.9. The number of fused-ring (bicyclic) bond motifs is 1. The Hall–Kier alpha value is -3.47. The molecule has 41 heavy (non-hydrogen) atoms. The first-order valence-electron chi connectivity index (χ1n) is 14.5. The number of anilines is 1. The van der Waals surface area contributed by atoms with Gasteiger partial charge in [-0.25, -0.2) is 4.98 Å².